The van der Waals surface area contributed by atoms with Crippen LogP contribution in [-0.4, -0.2) is 17.3 Å². The lowest BCUT2D eigenvalue weighted by Crippen LogP contribution is -2.25. The summed E-state index contributed by atoms with van der Waals surface area (Å²) in [5.74, 6) is 1.30. The van der Waals surface area contributed by atoms with Crippen LogP contribution in [0.25, 0.3) is 0 Å². The Morgan fingerprint density at radius 2 is 2.29 bits per heavy atom. The van der Waals surface area contributed by atoms with Crippen LogP contribution in [0.15, 0.2) is 11.0 Å². The molecule has 0 aromatic carbocycles. The van der Waals surface area contributed by atoms with Crippen LogP contribution in [0.3, 0.4) is 0 Å². The fourth-order valence-corrected chi connectivity index (χ4v) is 2.36. The van der Waals surface area contributed by atoms with E-state index < -0.39 is 0 Å². The van der Waals surface area contributed by atoms with Gasteiger partial charge in [-0.05, 0) is 38.5 Å². The molecule has 0 spiro atoms. The van der Waals surface area contributed by atoms with Gasteiger partial charge in [0.05, 0.1) is 6.42 Å². The lowest BCUT2D eigenvalue weighted by molar-refractivity contribution is -0.155. The number of carbonyl (C=O) groups excluding carboxylic acids is 1. The summed E-state index contributed by atoms with van der Waals surface area (Å²) < 4.78 is 5.26. The Hall–Kier alpha value is -0.440. The molecular weight excluding hydrogens is 196 g/mol. The van der Waals surface area contributed by atoms with Crippen LogP contribution in [0.1, 0.15) is 34.1 Å². The quantitative estimate of drug-likeness (QED) is 0.661. The molecule has 0 saturated heterocycles. The number of rotatable bonds is 2. The normalized spacial score (nSPS) is 22.0. The Morgan fingerprint density at radius 3 is 2.71 bits per heavy atom. The third-order valence-electron chi connectivity index (χ3n) is 1.84. The van der Waals surface area contributed by atoms with Gasteiger partial charge in [0.15, 0.2) is 0 Å². The predicted molar refractivity (Wildman–Crippen MR) is 60.2 cm³/mol. The maximum absolute atomic E-state index is 11.5. The molecule has 0 aliphatic carbocycles. The molecule has 1 unspecified atom stereocenters. The maximum Gasteiger partial charge on any atom is 0.306 e. The molecule has 1 rings (SSSR count). The second-order valence-corrected chi connectivity index (χ2v) is 5.90. The van der Waals surface area contributed by atoms with Gasteiger partial charge in [-0.15, -0.1) is 11.8 Å². The highest BCUT2D eigenvalue weighted by Gasteiger charge is 2.21. The van der Waals surface area contributed by atoms with Gasteiger partial charge in [0.25, 0.3) is 0 Å². The summed E-state index contributed by atoms with van der Waals surface area (Å²) in [4.78, 5) is 12.8. The molecule has 80 valence electrons. The monoisotopic (exact) mass is 214 g/mol. The number of esters is 1. The fraction of sp³-hybridized carbons (Fsp3) is 0.727. The molecule has 14 heavy (non-hydrogen) atoms. The number of hydrogen-bond donors (Lipinski definition) is 0. The van der Waals surface area contributed by atoms with Gasteiger partial charge in [0, 0.05) is 5.75 Å². The van der Waals surface area contributed by atoms with Crippen LogP contribution in [0, 0.1) is 5.92 Å². The molecule has 3 heteroatoms. The van der Waals surface area contributed by atoms with E-state index in [1.165, 1.54) is 4.91 Å². The first-order valence-corrected chi connectivity index (χ1v) is 5.88. The van der Waals surface area contributed by atoms with Crippen molar-refractivity contribution in [3.05, 3.63) is 11.0 Å². The molecule has 1 aliphatic heterocycles. The molecule has 0 amide bonds. The second kappa shape index (κ2) is 4.39. The van der Waals surface area contributed by atoms with Gasteiger partial charge in [-0.25, -0.2) is 0 Å². The molecule has 0 fully saturated rings. The third-order valence-corrected chi connectivity index (χ3v) is 3.03. The average molecular weight is 214 g/mol. The van der Waals surface area contributed by atoms with Crippen molar-refractivity contribution >= 4 is 17.7 Å². The molecule has 2 nitrogen and oxygen atoms in total. The summed E-state index contributed by atoms with van der Waals surface area (Å²) in [6, 6.07) is 0. The van der Waals surface area contributed by atoms with E-state index in [4.69, 9.17) is 4.74 Å². The Morgan fingerprint density at radius 1 is 1.64 bits per heavy atom. The van der Waals surface area contributed by atoms with Crippen LogP contribution in [0.2, 0.25) is 0 Å². The SMILES string of the molecule is CC1=CC(CC(=O)OC(C)(C)C)CS1. The van der Waals surface area contributed by atoms with E-state index in [1.807, 2.05) is 32.5 Å². The Labute approximate surface area is 90.1 Å². The van der Waals surface area contributed by atoms with Gasteiger partial charge in [0.2, 0.25) is 0 Å². The van der Waals surface area contributed by atoms with Crippen molar-refractivity contribution in [1.82, 2.24) is 0 Å². The zero-order chi connectivity index (χ0) is 10.8. The number of hydrogen-bond acceptors (Lipinski definition) is 3. The molecule has 1 atom stereocenters. The average Bonchev–Trinajstić information content (AvgIpc) is 2.30. The van der Waals surface area contributed by atoms with Gasteiger partial charge in [0.1, 0.15) is 5.60 Å². The van der Waals surface area contributed by atoms with Crippen molar-refractivity contribution in [2.45, 2.75) is 39.7 Å². The number of ether oxygens (including phenoxy) is 1. The lowest BCUT2D eigenvalue weighted by Gasteiger charge is -2.20. The summed E-state index contributed by atoms with van der Waals surface area (Å²) in [6.45, 7) is 7.78. The van der Waals surface area contributed by atoms with Crippen molar-refractivity contribution in [2.75, 3.05) is 5.75 Å². The highest BCUT2D eigenvalue weighted by Crippen LogP contribution is 2.30. The van der Waals surface area contributed by atoms with E-state index >= 15 is 0 Å². The van der Waals surface area contributed by atoms with Crippen LogP contribution in [0.5, 0.6) is 0 Å². The Balaban J connectivity index is 2.35. The number of carbonyl (C=O) groups is 1. The molecule has 1 heterocycles. The minimum absolute atomic E-state index is 0.0888. The lowest BCUT2D eigenvalue weighted by atomic mass is 10.1. The van der Waals surface area contributed by atoms with E-state index in [9.17, 15) is 4.79 Å². The van der Waals surface area contributed by atoms with Crippen LogP contribution in [-0.2, 0) is 9.53 Å². The molecular formula is C11H18O2S. The predicted octanol–water partition coefficient (Wildman–Crippen LogP) is 2.99. The van der Waals surface area contributed by atoms with Crippen LogP contribution >= 0.6 is 11.8 Å². The number of allylic oxidation sites excluding steroid dienone is 2. The maximum atomic E-state index is 11.5. The molecule has 0 saturated carbocycles. The summed E-state index contributed by atoms with van der Waals surface area (Å²) in [5.41, 5.74) is -0.360. The van der Waals surface area contributed by atoms with Gasteiger partial charge in [-0.3, -0.25) is 4.79 Å². The Bertz CT molecular complexity index is 251. The van der Waals surface area contributed by atoms with Gasteiger partial charge >= 0.3 is 5.97 Å². The summed E-state index contributed by atoms with van der Waals surface area (Å²) in [6.07, 6.45) is 2.68. The Kier molecular flexibility index (Phi) is 3.65. The molecule has 0 aromatic heterocycles. The number of thioether (sulfide) groups is 1. The highest BCUT2D eigenvalue weighted by atomic mass is 32.2. The first-order valence-electron chi connectivity index (χ1n) is 4.90. The van der Waals surface area contributed by atoms with Crippen molar-refractivity contribution in [1.29, 1.82) is 0 Å². The summed E-state index contributed by atoms with van der Waals surface area (Å²) >= 11 is 1.82. The van der Waals surface area contributed by atoms with Gasteiger partial charge in [-0.1, -0.05) is 6.08 Å². The molecule has 0 N–H and O–H groups in total. The van der Waals surface area contributed by atoms with Gasteiger partial charge in [-0.2, -0.15) is 0 Å². The van der Waals surface area contributed by atoms with E-state index in [0.717, 1.165) is 5.75 Å². The minimum Gasteiger partial charge on any atom is -0.460 e. The zero-order valence-corrected chi connectivity index (χ0v) is 10.1. The molecule has 0 radical (unpaired) electrons. The second-order valence-electron chi connectivity index (χ2n) is 4.64. The standard InChI is InChI=1S/C11H18O2S/c1-8-5-9(7-14-8)6-10(12)13-11(2,3)4/h5,9H,6-7H2,1-4H3. The van der Waals surface area contributed by atoms with Crippen LogP contribution in [0.4, 0.5) is 0 Å². The zero-order valence-electron chi connectivity index (χ0n) is 9.29. The molecule has 0 aromatic rings. The van der Waals surface area contributed by atoms with E-state index in [0.29, 0.717) is 12.3 Å². The van der Waals surface area contributed by atoms with Crippen molar-refractivity contribution in [3.8, 4) is 0 Å². The summed E-state index contributed by atoms with van der Waals surface area (Å²) in [5, 5.41) is 0. The topological polar surface area (TPSA) is 26.3 Å². The van der Waals surface area contributed by atoms with Crippen molar-refractivity contribution in [2.24, 2.45) is 5.92 Å². The fourth-order valence-electron chi connectivity index (χ4n) is 1.38. The summed E-state index contributed by atoms with van der Waals surface area (Å²) in [7, 11) is 0. The van der Waals surface area contributed by atoms with Gasteiger partial charge < -0.3 is 4.74 Å². The molecule has 1 aliphatic rings. The first-order chi connectivity index (χ1) is 6.37. The largest absolute Gasteiger partial charge is 0.460 e. The first kappa shape index (κ1) is 11.6. The molecule has 0 bridgehead atoms. The van der Waals surface area contributed by atoms with E-state index in [2.05, 4.69) is 13.0 Å². The third kappa shape index (κ3) is 4.18. The van der Waals surface area contributed by atoms with Crippen LogP contribution < -0.4 is 0 Å². The van der Waals surface area contributed by atoms with Crippen molar-refractivity contribution < 1.29 is 9.53 Å². The van der Waals surface area contributed by atoms with E-state index in [-0.39, 0.29) is 11.6 Å². The smallest absolute Gasteiger partial charge is 0.306 e. The minimum atomic E-state index is -0.360. The highest BCUT2D eigenvalue weighted by molar-refractivity contribution is 8.03. The van der Waals surface area contributed by atoms with Crippen molar-refractivity contribution in [3.63, 3.8) is 0 Å². The van der Waals surface area contributed by atoms with E-state index in [1.54, 1.807) is 0 Å².